The molecule has 0 bridgehead atoms. The van der Waals surface area contributed by atoms with Crippen molar-refractivity contribution in [3.05, 3.63) is 18.1 Å². The second-order valence-corrected chi connectivity index (χ2v) is 5.14. The molecule has 1 aliphatic rings. The number of nitrogens with two attached hydrogens (primary N) is 1. The van der Waals surface area contributed by atoms with Crippen LogP contribution in [0, 0.1) is 11.8 Å². The van der Waals surface area contributed by atoms with Crippen molar-refractivity contribution in [1.82, 2.24) is 9.97 Å². The molecule has 1 aromatic heterocycles. The Labute approximate surface area is 109 Å². The van der Waals surface area contributed by atoms with Gasteiger partial charge < -0.3 is 10.5 Å². The number of hydrogen-bond acceptors (Lipinski definition) is 4. The summed E-state index contributed by atoms with van der Waals surface area (Å²) >= 11 is 0. The average molecular weight is 249 g/mol. The predicted molar refractivity (Wildman–Crippen MR) is 71.5 cm³/mol. The normalized spacial score (nSPS) is 28.1. The number of nitrogens with zero attached hydrogens (tertiary/aromatic N) is 2. The van der Waals surface area contributed by atoms with E-state index in [-0.39, 0.29) is 0 Å². The lowest BCUT2D eigenvalue weighted by Gasteiger charge is -2.35. The Kier molecular flexibility index (Phi) is 4.53. The number of rotatable bonds is 4. The highest BCUT2D eigenvalue weighted by Crippen LogP contribution is 2.42. The van der Waals surface area contributed by atoms with Gasteiger partial charge in [-0.05, 0) is 31.2 Å². The molecule has 0 aromatic carbocycles. The smallest absolute Gasteiger partial charge is 0.235 e. The van der Waals surface area contributed by atoms with Gasteiger partial charge in [-0.2, -0.15) is 0 Å². The third-order valence-corrected chi connectivity index (χ3v) is 4.22. The van der Waals surface area contributed by atoms with Crippen LogP contribution in [0.4, 0.5) is 0 Å². The van der Waals surface area contributed by atoms with E-state index in [1.165, 1.54) is 19.3 Å². The minimum atomic E-state index is 0.400. The molecular weight excluding hydrogens is 226 g/mol. The SMILES string of the molecule is CCC1CCC(CN)C(c2nccnc2OC)C1. The van der Waals surface area contributed by atoms with Crippen molar-refractivity contribution >= 4 is 0 Å². The molecule has 18 heavy (non-hydrogen) atoms. The van der Waals surface area contributed by atoms with E-state index in [0.717, 1.165) is 24.6 Å². The van der Waals surface area contributed by atoms with Crippen LogP contribution in [-0.2, 0) is 0 Å². The topological polar surface area (TPSA) is 61.0 Å². The van der Waals surface area contributed by atoms with Crippen LogP contribution in [-0.4, -0.2) is 23.6 Å². The van der Waals surface area contributed by atoms with Gasteiger partial charge in [0.15, 0.2) is 0 Å². The molecule has 3 unspecified atom stereocenters. The Balaban J connectivity index is 2.26. The second-order valence-electron chi connectivity index (χ2n) is 5.14. The standard InChI is InChI=1S/C14H23N3O/c1-3-10-4-5-11(9-15)12(8-10)13-14(18-2)17-7-6-16-13/h6-7,10-12H,3-5,8-9,15H2,1-2H3. The van der Waals surface area contributed by atoms with Crippen LogP contribution < -0.4 is 10.5 Å². The summed E-state index contributed by atoms with van der Waals surface area (Å²) < 4.78 is 5.35. The predicted octanol–water partition coefficient (Wildman–Crippen LogP) is 2.35. The van der Waals surface area contributed by atoms with Crippen molar-refractivity contribution in [3.8, 4) is 5.88 Å². The minimum absolute atomic E-state index is 0.400. The maximum absolute atomic E-state index is 5.92. The first kappa shape index (κ1) is 13.3. The Bertz CT molecular complexity index is 383. The highest BCUT2D eigenvalue weighted by Gasteiger charge is 2.33. The highest BCUT2D eigenvalue weighted by atomic mass is 16.5. The fraction of sp³-hybridized carbons (Fsp3) is 0.714. The summed E-state index contributed by atoms with van der Waals surface area (Å²) in [6.07, 6.45) is 8.31. The molecule has 1 fully saturated rings. The molecule has 4 heteroatoms. The quantitative estimate of drug-likeness (QED) is 0.889. The lowest BCUT2D eigenvalue weighted by Crippen LogP contribution is -2.29. The summed E-state index contributed by atoms with van der Waals surface area (Å²) in [6.45, 7) is 2.99. The van der Waals surface area contributed by atoms with E-state index in [2.05, 4.69) is 16.9 Å². The average Bonchev–Trinajstić information content (AvgIpc) is 2.46. The van der Waals surface area contributed by atoms with Crippen molar-refractivity contribution in [2.45, 2.75) is 38.5 Å². The number of methoxy groups -OCH3 is 1. The summed E-state index contributed by atoms with van der Waals surface area (Å²) in [5, 5.41) is 0. The van der Waals surface area contributed by atoms with Crippen molar-refractivity contribution < 1.29 is 4.74 Å². The van der Waals surface area contributed by atoms with E-state index in [4.69, 9.17) is 10.5 Å². The van der Waals surface area contributed by atoms with Gasteiger partial charge in [0.05, 0.1) is 7.11 Å². The van der Waals surface area contributed by atoms with Crippen molar-refractivity contribution in [3.63, 3.8) is 0 Å². The third kappa shape index (κ3) is 2.64. The molecule has 1 heterocycles. The zero-order chi connectivity index (χ0) is 13.0. The lowest BCUT2D eigenvalue weighted by atomic mass is 9.72. The zero-order valence-corrected chi connectivity index (χ0v) is 11.3. The summed E-state index contributed by atoms with van der Waals surface area (Å²) in [4.78, 5) is 8.76. The first-order valence-electron chi connectivity index (χ1n) is 6.85. The maximum Gasteiger partial charge on any atom is 0.235 e. The largest absolute Gasteiger partial charge is 0.480 e. The lowest BCUT2D eigenvalue weighted by molar-refractivity contribution is 0.227. The monoisotopic (exact) mass is 249 g/mol. The molecule has 2 N–H and O–H groups in total. The Morgan fingerprint density at radius 1 is 1.33 bits per heavy atom. The number of aromatic nitrogens is 2. The van der Waals surface area contributed by atoms with E-state index in [0.29, 0.717) is 17.7 Å². The van der Waals surface area contributed by atoms with Crippen molar-refractivity contribution in [2.75, 3.05) is 13.7 Å². The van der Waals surface area contributed by atoms with Crippen LogP contribution in [0.25, 0.3) is 0 Å². The third-order valence-electron chi connectivity index (χ3n) is 4.22. The van der Waals surface area contributed by atoms with Crippen LogP contribution in [0.2, 0.25) is 0 Å². The fourth-order valence-corrected chi connectivity index (χ4v) is 3.06. The van der Waals surface area contributed by atoms with Crippen LogP contribution >= 0.6 is 0 Å². The summed E-state index contributed by atoms with van der Waals surface area (Å²) in [6, 6.07) is 0. The van der Waals surface area contributed by atoms with Gasteiger partial charge in [0.2, 0.25) is 5.88 Å². The van der Waals surface area contributed by atoms with E-state index >= 15 is 0 Å². The van der Waals surface area contributed by atoms with E-state index in [9.17, 15) is 0 Å². The molecule has 4 nitrogen and oxygen atoms in total. The molecule has 1 saturated carbocycles. The molecule has 3 atom stereocenters. The number of hydrogen-bond donors (Lipinski definition) is 1. The number of ether oxygens (including phenoxy) is 1. The Hall–Kier alpha value is -1.16. The molecular formula is C14H23N3O. The minimum Gasteiger partial charge on any atom is -0.480 e. The van der Waals surface area contributed by atoms with Crippen molar-refractivity contribution in [2.24, 2.45) is 17.6 Å². The van der Waals surface area contributed by atoms with Crippen LogP contribution in [0.15, 0.2) is 12.4 Å². The molecule has 1 aromatic rings. The van der Waals surface area contributed by atoms with Gasteiger partial charge in [0, 0.05) is 18.3 Å². The molecule has 2 rings (SSSR count). The molecule has 1 aliphatic carbocycles. The first-order valence-corrected chi connectivity index (χ1v) is 6.85. The van der Waals surface area contributed by atoms with E-state index in [1.807, 2.05) is 0 Å². The second kappa shape index (κ2) is 6.14. The van der Waals surface area contributed by atoms with Gasteiger partial charge in [-0.25, -0.2) is 4.98 Å². The fourth-order valence-electron chi connectivity index (χ4n) is 3.06. The van der Waals surface area contributed by atoms with E-state index in [1.54, 1.807) is 19.5 Å². The van der Waals surface area contributed by atoms with Gasteiger partial charge in [-0.3, -0.25) is 4.98 Å². The van der Waals surface area contributed by atoms with Crippen LogP contribution in [0.1, 0.15) is 44.2 Å². The first-order chi connectivity index (χ1) is 8.80. The summed E-state index contributed by atoms with van der Waals surface area (Å²) in [7, 11) is 1.66. The van der Waals surface area contributed by atoms with Gasteiger partial charge in [-0.15, -0.1) is 0 Å². The van der Waals surface area contributed by atoms with Crippen molar-refractivity contribution in [1.29, 1.82) is 0 Å². The highest BCUT2D eigenvalue weighted by molar-refractivity contribution is 5.23. The van der Waals surface area contributed by atoms with Crippen LogP contribution in [0.3, 0.4) is 0 Å². The molecule has 0 amide bonds. The molecule has 100 valence electrons. The molecule has 0 aliphatic heterocycles. The van der Waals surface area contributed by atoms with Gasteiger partial charge in [0.25, 0.3) is 0 Å². The maximum atomic E-state index is 5.92. The van der Waals surface area contributed by atoms with E-state index < -0.39 is 0 Å². The Morgan fingerprint density at radius 2 is 2.11 bits per heavy atom. The zero-order valence-electron chi connectivity index (χ0n) is 11.3. The summed E-state index contributed by atoms with van der Waals surface area (Å²) in [5.41, 5.74) is 6.91. The molecule has 0 radical (unpaired) electrons. The summed E-state index contributed by atoms with van der Waals surface area (Å²) in [5.74, 6) is 2.36. The van der Waals surface area contributed by atoms with Gasteiger partial charge in [0.1, 0.15) is 5.69 Å². The van der Waals surface area contributed by atoms with Gasteiger partial charge >= 0.3 is 0 Å². The molecule has 0 spiro atoms. The van der Waals surface area contributed by atoms with Crippen LogP contribution in [0.5, 0.6) is 5.88 Å². The van der Waals surface area contributed by atoms with Gasteiger partial charge in [-0.1, -0.05) is 19.8 Å². The molecule has 0 saturated heterocycles. The Morgan fingerprint density at radius 3 is 2.78 bits per heavy atom.